The van der Waals surface area contributed by atoms with Crippen molar-refractivity contribution in [2.45, 2.75) is 34.6 Å². The first-order valence-corrected chi connectivity index (χ1v) is 9.26. The van der Waals surface area contributed by atoms with Gasteiger partial charge >= 0.3 is 0 Å². The summed E-state index contributed by atoms with van der Waals surface area (Å²) in [5, 5.41) is 5.23. The van der Waals surface area contributed by atoms with Gasteiger partial charge in [-0.15, -0.1) is 0 Å². The number of carbonyl (C=O) groups is 1. The second kappa shape index (κ2) is 9.22. The van der Waals surface area contributed by atoms with Crippen molar-refractivity contribution in [3.63, 3.8) is 0 Å². The maximum atomic E-state index is 11.6. The Kier molecular flexibility index (Phi) is 7.00. The molecule has 0 fully saturated rings. The molecule has 1 N–H and O–H groups in total. The van der Waals surface area contributed by atoms with Crippen LogP contribution >= 0.6 is 0 Å². The summed E-state index contributed by atoms with van der Waals surface area (Å²) in [5.74, 6) is 0.869. The van der Waals surface area contributed by atoms with Gasteiger partial charge in [0.2, 0.25) is 5.91 Å². The van der Waals surface area contributed by atoms with Crippen molar-refractivity contribution < 1.29 is 9.53 Å². The molecule has 0 bridgehead atoms. The molecule has 0 aromatic heterocycles. The Hall–Kier alpha value is -2.81. The molecule has 0 aliphatic rings. The number of hydrogen-bond acceptors (Lipinski definition) is 2. The molecule has 0 unspecified atom stereocenters. The summed E-state index contributed by atoms with van der Waals surface area (Å²) in [5.41, 5.74) is 5.65. The zero-order chi connectivity index (χ0) is 20.0. The molecule has 0 spiro atoms. The normalized spacial score (nSPS) is 12.7. The highest BCUT2D eigenvalue weighted by molar-refractivity contribution is 5.93. The summed E-state index contributed by atoms with van der Waals surface area (Å²) >= 11 is 0. The maximum Gasteiger partial charge on any atom is 0.244 e. The standard InChI is InChI=1S/C24H29NO2/c1-7-25-24(26)13-16(2)9-8-10-17(3)20-11-12-21-19(5)23(27-6)14-18(4)22(21)15-20/h8-15H,7H2,1-6H3,(H,25,26). The van der Waals surface area contributed by atoms with Crippen molar-refractivity contribution in [2.24, 2.45) is 0 Å². The van der Waals surface area contributed by atoms with Crippen molar-refractivity contribution in [2.75, 3.05) is 13.7 Å². The van der Waals surface area contributed by atoms with Crippen molar-refractivity contribution in [3.8, 4) is 5.75 Å². The van der Waals surface area contributed by atoms with Crippen molar-refractivity contribution in [1.29, 1.82) is 0 Å². The van der Waals surface area contributed by atoms with Gasteiger partial charge in [0.15, 0.2) is 0 Å². The number of fused-ring (bicyclic) bond motifs is 1. The summed E-state index contributed by atoms with van der Waals surface area (Å²) in [7, 11) is 1.71. The van der Waals surface area contributed by atoms with Gasteiger partial charge in [0.1, 0.15) is 5.75 Å². The first kappa shape index (κ1) is 20.5. The van der Waals surface area contributed by atoms with Crippen LogP contribution in [0.4, 0.5) is 0 Å². The van der Waals surface area contributed by atoms with E-state index in [1.54, 1.807) is 13.2 Å². The zero-order valence-electron chi connectivity index (χ0n) is 17.1. The first-order valence-electron chi connectivity index (χ1n) is 9.26. The molecule has 0 saturated heterocycles. The Balaban J connectivity index is 2.28. The molecule has 0 radical (unpaired) electrons. The lowest BCUT2D eigenvalue weighted by Gasteiger charge is -2.12. The molecule has 3 heteroatoms. The zero-order valence-corrected chi connectivity index (χ0v) is 17.1. The molecule has 27 heavy (non-hydrogen) atoms. The smallest absolute Gasteiger partial charge is 0.244 e. The molecule has 0 aliphatic heterocycles. The number of likely N-dealkylation sites (N-methyl/N-ethyl adjacent to an activating group) is 1. The first-order chi connectivity index (χ1) is 12.9. The minimum Gasteiger partial charge on any atom is -0.496 e. The Morgan fingerprint density at radius 1 is 1.15 bits per heavy atom. The topological polar surface area (TPSA) is 38.3 Å². The van der Waals surface area contributed by atoms with Gasteiger partial charge in [-0.25, -0.2) is 0 Å². The van der Waals surface area contributed by atoms with Crippen molar-refractivity contribution in [1.82, 2.24) is 5.32 Å². The molecule has 0 aliphatic carbocycles. The summed E-state index contributed by atoms with van der Waals surface area (Å²) in [4.78, 5) is 11.6. The van der Waals surface area contributed by atoms with E-state index in [0.717, 1.165) is 16.9 Å². The van der Waals surface area contributed by atoms with E-state index in [0.29, 0.717) is 6.54 Å². The number of allylic oxidation sites excluding steroid dienone is 5. The fourth-order valence-electron chi connectivity index (χ4n) is 3.09. The molecule has 2 aromatic rings. The number of aryl methyl sites for hydroxylation is 2. The van der Waals surface area contributed by atoms with Crippen molar-refractivity contribution >= 4 is 22.3 Å². The summed E-state index contributed by atoms with van der Waals surface area (Å²) < 4.78 is 5.48. The van der Waals surface area contributed by atoms with Crippen molar-refractivity contribution in [3.05, 3.63) is 70.8 Å². The Bertz CT molecular complexity index is 933. The fraction of sp³-hybridized carbons (Fsp3) is 0.292. The quantitative estimate of drug-likeness (QED) is 0.543. The molecular weight excluding hydrogens is 334 g/mol. The summed E-state index contributed by atoms with van der Waals surface area (Å²) in [6.07, 6.45) is 7.61. The molecule has 2 rings (SSSR count). The molecular formula is C24H29NO2. The highest BCUT2D eigenvalue weighted by Crippen LogP contribution is 2.32. The minimum absolute atomic E-state index is 0.0591. The average Bonchev–Trinajstić information content (AvgIpc) is 2.64. The van der Waals surface area contributed by atoms with Gasteiger partial charge in [-0.05, 0) is 85.4 Å². The lowest BCUT2D eigenvalue weighted by Crippen LogP contribution is -2.20. The van der Waals surface area contributed by atoms with Crippen LogP contribution < -0.4 is 10.1 Å². The highest BCUT2D eigenvalue weighted by Gasteiger charge is 2.08. The van der Waals surface area contributed by atoms with Gasteiger partial charge < -0.3 is 10.1 Å². The molecule has 3 nitrogen and oxygen atoms in total. The highest BCUT2D eigenvalue weighted by atomic mass is 16.5. The van der Waals surface area contributed by atoms with E-state index in [4.69, 9.17) is 4.74 Å². The lowest BCUT2D eigenvalue weighted by atomic mass is 9.96. The third-order valence-corrected chi connectivity index (χ3v) is 4.66. The average molecular weight is 364 g/mol. The molecule has 0 heterocycles. The predicted molar refractivity (Wildman–Crippen MR) is 115 cm³/mol. The monoisotopic (exact) mass is 363 g/mol. The van der Waals surface area contributed by atoms with Gasteiger partial charge in [-0.3, -0.25) is 4.79 Å². The van der Waals surface area contributed by atoms with Crippen LogP contribution in [-0.2, 0) is 4.79 Å². The number of carbonyl (C=O) groups excluding carboxylic acids is 1. The van der Waals surface area contributed by atoms with E-state index < -0.39 is 0 Å². The van der Waals surface area contributed by atoms with Crippen LogP contribution in [0.25, 0.3) is 16.3 Å². The largest absolute Gasteiger partial charge is 0.496 e. The van der Waals surface area contributed by atoms with Crippen LogP contribution in [-0.4, -0.2) is 19.6 Å². The summed E-state index contributed by atoms with van der Waals surface area (Å²) in [6.45, 7) is 10.8. The molecule has 0 atom stereocenters. The van der Waals surface area contributed by atoms with E-state index in [9.17, 15) is 4.79 Å². The van der Waals surface area contributed by atoms with Crippen LogP contribution in [0.3, 0.4) is 0 Å². The van der Waals surface area contributed by atoms with Crippen LogP contribution in [0.5, 0.6) is 5.75 Å². The predicted octanol–water partition coefficient (Wildman–Crippen LogP) is 5.51. The van der Waals surface area contributed by atoms with Crippen LogP contribution in [0.1, 0.15) is 37.5 Å². The van der Waals surface area contributed by atoms with E-state index in [1.807, 2.05) is 26.0 Å². The SMILES string of the molecule is CCNC(=O)C=C(C)C=CC=C(C)c1ccc2c(C)c(OC)cc(C)c2c1. The number of ether oxygens (including phenoxy) is 1. The van der Waals surface area contributed by atoms with Gasteiger partial charge in [0, 0.05) is 12.6 Å². The molecule has 1 amide bonds. The van der Waals surface area contributed by atoms with Gasteiger partial charge in [-0.1, -0.05) is 30.4 Å². The second-order valence-corrected chi connectivity index (χ2v) is 6.77. The Labute approximate surface area is 162 Å². The number of hydrogen-bond donors (Lipinski definition) is 1. The van der Waals surface area contributed by atoms with Gasteiger partial charge in [0.05, 0.1) is 7.11 Å². The Morgan fingerprint density at radius 3 is 2.56 bits per heavy atom. The van der Waals surface area contributed by atoms with E-state index in [1.165, 1.54) is 27.5 Å². The minimum atomic E-state index is -0.0591. The number of benzene rings is 2. The van der Waals surface area contributed by atoms with E-state index in [2.05, 4.69) is 56.4 Å². The lowest BCUT2D eigenvalue weighted by molar-refractivity contribution is -0.116. The maximum absolute atomic E-state index is 11.6. The van der Waals surface area contributed by atoms with Crippen LogP contribution in [0, 0.1) is 13.8 Å². The Morgan fingerprint density at radius 2 is 1.89 bits per heavy atom. The van der Waals surface area contributed by atoms with Crippen LogP contribution in [0.15, 0.2) is 54.1 Å². The summed E-state index contributed by atoms with van der Waals surface area (Å²) in [6, 6.07) is 8.63. The second-order valence-electron chi connectivity index (χ2n) is 6.77. The number of rotatable bonds is 6. The van der Waals surface area contributed by atoms with Gasteiger partial charge in [-0.2, -0.15) is 0 Å². The number of nitrogens with one attached hydrogen (secondary N) is 1. The molecule has 2 aromatic carbocycles. The van der Waals surface area contributed by atoms with E-state index >= 15 is 0 Å². The fourth-order valence-corrected chi connectivity index (χ4v) is 3.09. The third-order valence-electron chi connectivity index (χ3n) is 4.66. The molecule has 142 valence electrons. The number of methoxy groups -OCH3 is 1. The molecule has 0 saturated carbocycles. The van der Waals surface area contributed by atoms with Crippen LogP contribution in [0.2, 0.25) is 0 Å². The van der Waals surface area contributed by atoms with E-state index in [-0.39, 0.29) is 5.91 Å². The van der Waals surface area contributed by atoms with Gasteiger partial charge in [0.25, 0.3) is 0 Å². The third kappa shape index (κ3) is 5.10. The number of amides is 1.